The molecule has 1 aromatic heterocycles. The van der Waals surface area contributed by atoms with Gasteiger partial charge in [0, 0.05) is 26.1 Å². The minimum absolute atomic E-state index is 0.126. The van der Waals surface area contributed by atoms with E-state index in [0.717, 1.165) is 17.7 Å². The minimum Gasteiger partial charge on any atom is -0.490 e. The third kappa shape index (κ3) is 3.37. The Kier molecular flexibility index (Phi) is 4.20. The summed E-state index contributed by atoms with van der Waals surface area (Å²) < 4.78 is 5.64. The van der Waals surface area contributed by atoms with Crippen molar-refractivity contribution in [3.05, 3.63) is 35.2 Å². The van der Waals surface area contributed by atoms with Crippen molar-refractivity contribution in [2.24, 2.45) is 0 Å². The number of amides is 1. The van der Waals surface area contributed by atoms with Crippen molar-refractivity contribution in [3.63, 3.8) is 0 Å². The first-order valence-corrected chi connectivity index (χ1v) is 7.68. The molecule has 1 aromatic carbocycles. The van der Waals surface area contributed by atoms with Crippen molar-refractivity contribution in [3.8, 4) is 5.75 Å². The Morgan fingerprint density at radius 3 is 2.92 bits per heavy atom. The number of nitrogens with two attached hydrogens (primary N) is 1. The second kappa shape index (κ2) is 6.31. The lowest BCUT2D eigenvalue weighted by molar-refractivity contribution is 0.0949. The van der Waals surface area contributed by atoms with E-state index in [4.69, 9.17) is 10.5 Å². The normalized spacial score (nSPS) is 15.5. The molecule has 2 heterocycles. The van der Waals surface area contributed by atoms with Gasteiger partial charge < -0.3 is 20.7 Å². The molecule has 0 saturated carbocycles. The molecule has 8 nitrogen and oxygen atoms in total. The van der Waals surface area contributed by atoms with Crippen molar-refractivity contribution in [2.75, 3.05) is 24.7 Å². The lowest BCUT2D eigenvalue weighted by atomic mass is 10.1. The lowest BCUT2D eigenvalue weighted by Crippen LogP contribution is -2.25. The minimum atomic E-state index is -0.192. The summed E-state index contributed by atoms with van der Waals surface area (Å²) in [5.74, 6) is 1.65. The maximum Gasteiger partial charge on any atom is 0.251 e. The number of ether oxygens (including phenoxy) is 1. The van der Waals surface area contributed by atoms with Gasteiger partial charge in [0.25, 0.3) is 5.91 Å². The molecule has 1 atom stereocenters. The Morgan fingerprint density at radius 2 is 2.17 bits per heavy atom. The second-order valence-corrected chi connectivity index (χ2v) is 5.94. The molecule has 1 aliphatic heterocycles. The third-order valence-corrected chi connectivity index (χ3v) is 3.65. The zero-order valence-electron chi connectivity index (χ0n) is 13.9. The fraction of sp³-hybridized carbons (Fsp3) is 0.375. The first-order valence-electron chi connectivity index (χ1n) is 7.68. The Hall–Kier alpha value is -2.90. The standard InChI is InChI=1S/C16H20N6O2/c1-9-6-11-7-10(4-5-12(11)24-9)14(23)18-8-13-19-15(17)21-16(20-13)22(2)3/h4-5,7,9H,6,8H2,1-3H3,(H,18,23)(H2,17,19,20,21)/t9-/m0/s1. The van der Waals surface area contributed by atoms with E-state index in [9.17, 15) is 4.79 Å². The van der Waals surface area contributed by atoms with Crippen LogP contribution in [-0.4, -0.2) is 41.1 Å². The number of fused-ring (bicyclic) bond motifs is 1. The highest BCUT2D eigenvalue weighted by Crippen LogP contribution is 2.29. The van der Waals surface area contributed by atoms with E-state index in [1.165, 1.54) is 0 Å². The smallest absolute Gasteiger partial charge is 0.251 e. The first kappa shape index (κ1) is 16.0. The number of hydrogen-bond acceptors (Lipinski definition) is 7. The molecule has 126 valence electrons. The molecule has 0 saturated heterocycles. The van der Waals surface area contributed by atoms with Gasteiger partial charge in [-0.15, -0.1) is 0 Å². The molecule has 0 radical (unpaired) electrons. The molecule has 3 rings (SSSR count). The van der Waals surface area contributed by atoms with E-state index in [1.54, 1.807) is 11.0 Å². The summed E-state index contributed by atoms with van der Waals surface area (Å²) in [6.45, 7) is 2.18. The number of nitrogen functional groups attached to an aromatic ring is 1. The van der Waals surface area contributed by atoms with Crippen molar-refractivity contribution >= 4 is 17.8 Å². The highest BCUT2D eigenvalue weighted by molar-refractivity contribution is 5.94. The first-order chi connectivity index (χ1) is 11.4. The molecule has 0 aliphatic carbocycles. The number of carbonyl (C=O) groups excluding carboxylic acids is 1. The van der Waals surface area contributed by atoms with Gasteiger partial charge in [0.2, 0.25) is 11.9 Å². The van der Waals surface area contributed by atoms with Gasteiger partial charge >= 0.3 is 0 Å². The van der Waals surface area contributed by atoms with E-state index in [0.29, 0.717) is 17.3 Å². The highest BCUT2D eigenvalue weighted by Gasteiger charge is 2.20. The SMILES string of the molecule is C[C@H]1Cc2cc(C(=O)NCc3nc(N)nc(N(C)C)n3)ccc2O1. The number of hydrogen-bond donors (Lipinski definition) is 2. The molecular weight excluding hydrogens is 308 g/mol. The van der Waals surface area contributed by atoms with Gasteiger partial charge in [0.15, 0.2) is 5.82 Å². The number of benzene rings is 1. The summed E-state index contributed by atoms with van der Waals surface area (Å²) in [5.41, 5.74) is 7.31. The lowest BCUT2D eigenvalue weighted by Gasteiger charge is -2.12. The predicted molar refractivity (Wildman–Crippen MR) is 90.0 cm³/mol. The van der Waals surface area contributed by atoms with Crippen molar-refractivity contribution in [2.45, 2.75) is 26.0 Å². The van der Waals surface area contributed by atoms with Crippen LogP contribution in [-0.2, 0) is 13.0 Å². The molecule has 0 fully saturated rings. The Labute approximate surface area is 140 Å². The van der Waals surface area contributed by atoms with Gasteiger partial charge in [-0.1, -0.05) is 0 Å². The fourth-order valence-corrected chi connectivity index (χ4v) is 2.53. The molecule has 2 aromatic rings. The predicted octanol–water partition coefficient (Wildman–Crippen LogP) is 0.773. The van der Waals surface area contributed by atoms with E-state index in [2.05, 4.69) is 20.3 Å². The number of anilines is 2. The summed E-state index contributed by atoms with van der Waals surface area (Å²) >= 11 is 0. The summed E-state index contributed by atoms with van der Waals surface area (Å²) in [5, 5.41) is 2.80. The summed E-state index contributed by atoms with van der Waals surface area (Å²) in [7, 11) is 3.62. The molecule has 24 heavy (non-hydrogen) atoms. The van der Waals surface area contributed by atoms with E-state index in [-0.39, 0.29) is 24.5 Å². The number of rotatable bonds is 4. The van der Waals surface area contributed by atoms with Gasteiger partial charge in [-0.2, -0.15) is 15.0 Å². The van der Waals surface area contributed by atoms with Crippen LogP contribution in [0.25, 0.3) is 0 Å². The zero-order chi connectivity index (χ0) is 17.3. The highest BCUT2D eigenvalue weighted by atomic mass is 16.5. The number of nitrogens with one attached hydrogen (secondary N) is 1. The number of aromatic nitrogens is 3. The molecule has 3 N–H and O–H groups in total. The summed E-state index contributed by atoms with van der Waals surface area (Å²) in [6.07, 6.45) is 0.961. The average molecular weight is 328 g/mol. The summed E-state index contributed by atoms with van der Waals surface area (Å²) in [4.78, 5) is 26.4. The van der Waals surface area contributed by atoms with Crippen LogP contribution >= 0.6 is 0 Å². The monoisotopic (exact) mass is 328 g/mol. The summed E-state index contributed by atoms with van der Waals surface area (Å²) in [6, 6.07) is 5.44. The molecular formula is C16H20N6O2. The van der Waals surface area contributed by atoms with Crippen LogP contribution in [0.3, 0.4) is 0 Å². The van der Waals surface area contributed by atoms with Gasteiger partial charge in [0.1, 0.15) is 11.9 Å². The molecule has 0 bridgehead atoms. The molecule has 1 aliphatic rings. The van der Waals surface area contributed by atoms with E-state index >= 15 is 0 Å². The maximum absolute atomic E-state index is 12.3. The van der Waals surface area contributed by atoms with Crippen LogP contribution in [0, 0.1) is 0 Å². The quantitative estimate of drug-likeness (QED) is 0.854. The Balaban J connectivity index is 1.69. The van der Waals surface area contributed by atoms with E-state index in [1.807, 2.05) is 33.2 Å². The van der Waals surface area contributed by atoms with Gasteiger partial charge in [-0.25, -0.2) is 0 Å². The van der Waals surface area contributed by atoms with Crippen LogP contribution in [0.5, 0.6) is 5.75 Å². The molecule has 1 amide bonds. The van der Waals surface area contributed by atoms with Crippen molar-refractivity contribution in [1.82, 2.24) is 20.3 Å². The number of carbonyl (C=O) groups is 1. The Morgan fingerprint density at radius 1 is 1.38 bits per heavy atom. The molecule has 0 unspecified atom stereocenters. The van der Waals surface area contributed by atoms with Crippen molar-refractivity contribution < 1.29 is 9.53 Å². The van der Waals surface area contributed by atoms with Crippen LogP contribution in [0.15, 0.2) is 18.2 Å². The van der Waals surface area contributed by atoms with Crippen molar-refractivity contribution in [1.29, 1.82) is 0 Å². The van der Waals surface area contributed by atoms with Crippen LogP contribution in [0.4, 0.5) is 11.9 Å². The van der Waals surface area contributed by atoms with Crippen LogP contribution in [0.2, 0.25) is 0 Å². The number of nitrogens with zero attached hydrogens (tertiary/aromatic N) is 4. The van der Waals surface area contributed by atoms with Crippen LogP contribution < -0.4 is 20.7 Å². The molecule has 0 spiro atoms. The zero-order valence-corrected chi connectivity index (χ0v) is 13.9. The topological polar surface area (TPSA) is 106 Å². The average Bonchev–Trinajstić information content (AvgIpc) is 2.91. The van der Waals surface area contributed by atoms with E-state index < -0.39 is 0 Å². The third-order valence-electron chi connectivity index (χ3n) is 3.65. The largest absolute Gasteiger partial charge is 0.490 e. The maximum atomic E-state index is 12.3. The fourth-order valence-electron chi connectivity index (χ4n) is 2.53. The van der Waals surface area contributed by atoms with Crippen LogP contribution in [0.1, 0.15) is 28.7 Å². The van der Waals surface area contributed by atoms with Gasteiger partial charge in [-0.3, -0.25) is 4.79 Å². The van der Waals surface area contributed by atoms with Gasteiger partial charge in [0.05, 0.1) is 6.54 Å². The second-order valence-electron chi connectivity index (χ2n) is 5.94. The Bertz CT molecular complexity index is 777. The molecule has 8 heteroatoms. The van der Waals surface area contributed by atoms with Gasteiger partial charge in [-0.05, 0) is 30.7 Å².